The van der Waals surface area contributed by atoms with Gasteiger partial charge in [-0.2, -0.15) is 9.97 Å². The number of benzene rings is 1. The van der Waals surface area contributed by atoms with Crippen LogP contribution < -0.4 is 10.1 Å². The molecule has 0 saturated carbocycles. The lowest BCUT2D eigenvalue weighted by Crippen LogP contribution is -2.03. The van der Waals surface area contributed by atoms with Gasteiger partial charge in [-0.1, -0.05) is 0 Å². The number of aryl methyl sites for hydroxylation is 1. The average molecular weight is 287 g/mol. The quantitative estimate of drug-likeness (QED) is 0.771. The molecule has 0 amide bonds. The van der Waals surface area contributed by atoms with E-state index in [2.05, 4.69) is 25.3 Å². The zero-order valence-electron chi connectivity index (χ0n) is 11.6. The van der Waals surface area contributed by atoms with Crippen molar-refractivity contribution in [3.05, 3.63) is 35.9 Å². The lowest BCUT2D eigenvalue weighted by atomic mass is 10.2. The number of fused-ring (bicyclic) bond motifs is 1. The summed E-state index contributed by atoms with van der Waals surface area (Å²) >= 11 is 0. The number of hydrogen-bond donors (Lipinski definition) is 2. The molecule has 2 N–H and O–H groups in total. The van der Waals surface area contributed by atoms with E-state index in [1.165, 1.54) is 12.4 Å². The van der Waals surface area contributed by atoms with E-state index in [1.807, 2.05) is 6.92 Å². The highest BCUT2D eigenvalue weighted by molar-refractivity contribution is 5.77. The Bertz CT molecular complexity index is 786. The Balaban J connectivity index is 2.01. The molecule has 21 heavy (non-hydrogen) atoms. The fourth-order valence-corrected chi connectivity index (χ4v) is 1.91. The Kier molecular flexibility index (Phi) is 3.39. The maximum Gasteiger partial charge on any atom is 0.250 e. The van der Waals surface area contributed by atoms with Gasteiger partial charge in [0, 0.05) is 6.54 Å². The first-order chi connectivity index (χ1) is 10.2. The minimum Gasteiger partial charge on any atom is -0.437 e. The molecular formula is C14H14FN5O. The van der Waals surface area contributed by atoms with Crippen LogP contribution in [0.3, 0.4) is 0 Å². The van der Waals surface area contributed by atoms with Crippen LogP contribution in [0.2, 0.25) is 0 Å². The Labute approximate surface area is 120 Å². The Morgan fingerprint density at radius 1 is 1.33 bits per heavy atom. The van der Waals surface area contributed by atoms with E-state index in [0.29, 0.717) is 40.8 Å². The van der Waals surface area contributed by atoms with Crippen LogP contribution in [0, 0.1) is 12.7 Å². The number of rotatable bonds is 4. The number of ether oxygens (including phenoxy) is 1. The number of anilines is 1. The molecule has 0 aliphatic carbocycles. The zero-order chi connectivity index (χ0) is 14.8. The fourth-order valence-electron chi connectivity index (χ4n) is 1.91. The summed E-state index contributed by atoms with van der Waals surface area (Å²) in [5, 5.41) is 3.02. The second kappa shape index (κ2) is 5.35. The second-order valence-corrected chi connectivity index (χ2v) is 4.50. The molecule has 0 aliphatic rings. The van der Waals surface area contributed by atoms with Gasteiger partial charge < -0.3 is 15.0 Å². The van der Waals surface area contributed by atoms with E-state index in [-0.39, 0.29) is 5.82 Å². The summed E-state index contributed by atoms with van der Waals surface area (Å²) in [5.41, 5.74) is 1.61. The third-order valence-corrected chi connectivity index (χ3v) is 2.93. The van der Waals surface area contributed by atoms with Gasteiger partial charge in [-0.15, -0.1) is 0 Å². The van der Waals surface area contributed by atoms with Crippen LogP contribution in [0.5, 0.6) is 11.6 Å². The highest BCUT2D eigenvalue weighted by Crippen LogP contribution is 2.27. The van der Waals surface area contributed by atoms with E-state index in [9.17, 15) is 4.39 Å². The Morgan fingerprint density at radius 3 is 2.95 bits per heavy atom. The fraction of sp³-hybridized carbons (Fsp3) is 0.214. The van der Waals surface area contributed by atoms with Crippen molar-refractivity contribution in [1.29, 1.82) is 0 Å². The first-order valence-corrected chi connectivity index (χ1v) is 6.56. The molecule has 0 fully saturated rings. The number of nitrogens with zero attached hydrogens (tertiary/aromatic N) is 3. The largest absolute Gasteiger partial charge is 0.437 e. The van der Waals surface area contributed by atoms with Crippen LogP contribution in [0.15, 0.2) is 24.5 Å². The summed E-state index contributed by atoms with van der Waals surface area (Å²) in [6, 6.07) is 4.54. The first-order valence-electron chi connectivity index (χ1n) is 6.56. The summed E-state index contributed by atoms with van der Waals surface area (Å²) in [6.07, 6.45) is 1.53. The number of imidazole rings is 1. The molecule has 1 aromatic carbocycles. The monoisotopic (exact) mass is 287 g/mol. The molecule has 0 unspecified atom stereocenters. The maximum absolute atomic E-state index is 13.3. The predicted molar refractivity (Wildman–Crippen MR) is 77.1 cm³/mol. The molecule has 0 bridgehead atoms. The van der Waals surface area contributed by atoms with Gasteiger partial charge in [0.05, 0.1) is 6.33 Å². The van der Waals surface area contributed by atoms with Crippen molar-refractivity contribution in [3.63, 3.8) is 0 Å². The molecule has 108 valence electrons. The molecule has 0 spiro atoms. The third-order valence-electron chi connectivity index (χ3n) is 2.93. The molecule has 3 rings (SSSR count). The molecule has 0 radical (unpaired) electrons. The molecule has 0 saturated heterocycles. The number of nitrogens with one attached hydrogen (secondary N) is 2. The van der Waals surface area contributed by atoms with Crippen molar-refractivity contribution < 1.29 is 9.13 Å². The zero-order valence-corrected chi connectivity index (χ0v) is 11.6. The summed E-state index contributed by atoms with van der Waals surface area (Å²) in [4.78, 5) is 15.6. The predicted octanol–water partition coefficient (Wildman–Crippen LogP) is 3.02. The first kappa shape index (κ1) is 13.3. The van der Waals surface area contributed by atoms with Crippen LogP contribution >= 0.6 is 0 Å². The lowest BCUT2D eigenvalue weighted by Gasteiger charge is -2.08. The van der Waals surface area contributed by atoms with Crippen molar-refractivity contribution in [3.8, 4) is 11.6 Å². The third kappa shape index (κ3) is 2.62. The van der Waals surface area contributed by atoms with E-state index in [0.717, 1.165) is 0 Å². The smallest absolute Gasteiger partial charge is 0.250 e. The van der Waals surface area contributed by atoms with E-state index >= 15 is 0 Å². The topological polar surface area (TPSA) is 75.7 Å². The highest BCUT2D eigenvalue weighted by Gasteiger charge is 2.12. The van der Waals surface area contributed by atoms with Crippen LogP contribution in [-0.2, 0) is 0 Å². The van der Waals surface area contributed by atoms with E-state index < -0.39 is 0 Å². The maximum atomic E-state index is 13.3. The van der Waals surface area contributed by atoms with E-state index in [4.69, 9.17) is 4.74 Å². The van der Waals surface area contributed by atoms with Gasteiger partial charge in [0.2, 0.25) is 5.95 Å². The number of H-pyrrole nitrogens is 1. The normalized spacial score (nSPS) is 10.8. The van der Waals surface area contributed by atoms with Crippen LogP contribution in [-0.4, -0.2) is 26.5 Å². The molecule has 0 atom stereocenters. The minimum absolute atomic E-state index is 0.273. The lowest BCUT2D eigenvalue weighted by molar-refractivity contribution is 0.465. The van der Waals surface area contributed by atoms with Gasteiger partial charge in [0.15, 0.2) is 5.65 Å². The van der Waals surface area contributed by atoms with Crippen molar-refractivity contribution in [2.24, 2.45) is 0 Å². The molecule has 2 aromatic heterocycles. The summed E-state index contributed by atoms with van der Waals surface area (Å²) in [6.45, 7) is 4.31. The summed E-state index contributed by atoms with van der Waals surface area (Å²) < 4.78 is 19.0. The van der Waals surface area contributed by atoms with Crippen molar-refractivity contribution >= 4 is 17.1 Å². The van der Waals surface area contributed by atoms with Crippen LogP contribution in [0.25, 0.3) is 11.2 Å². The van der Waals surface area contributed by atoms with Crippen LogP contribution in [0.4, 0.5) is 10.3 Å². The Hall–Kier alpha value is -2.70. The van der Waals surface area contributed by atoms with Crippen LogP contribution in [0.1, 0.15) is 12.5 Å². The minimum atomic E-state index is -0.273. The Morgan fingerprint density at radius 2 is 2.19 bits per heavy atom. The average Bonchev–Trinajstić information content (AvgIpc) is 2.92. The molecule has 0 aliphatic heterocycles. The van der Waals surface area contributed by atoms with Gasteiger partial charge in [-0.25, -0.2) is 9.37 Å². The number of hydrogen-bond acceptors (Lipinski definition) is 5. The van der Waals surface area contributed by atoms with E-state index in [1.54, 1.807) is 19.1 Å². The van der Waals surface area contributed by atoms with Gasteiger partial charge in [0.1, 0.15) is 17.1 Å². The summed E-state index contributed by atoms with van der Waals surface area (Å²) in [7, 11) is 0. The molecule has 3 aromatic rings. The SMILES string of the molecule is CCNc1nc(Oc2ccc(F)c(C)c2)c2[nH]cnc2n1. The van der Waals surface area contributed by atoms with Crippen molar-refractivity contribution in [2.75, 3.05) is 11.9 Å². The summed E-state index contributed by atoms with van der Waals surface area (Å²) in [5.74, 6) is 1.02. The van der Waals surface area contributed by atoms with Crippen molar-refractivity contribution in [1.82, 2.24) is 19.9 Å². The number of halogens is 1. The molecule has 6 nitrogen and oxygen atoms in total. The number of aromatic amines is 1. The van der Waals surface area contributed by atoms with Crippen molar-refractivity contribution in [2.45, 2.75) is 13.8 Å². The van der Waals surface area contributed by atoms with Gasteiger partial charge in [-0.05, 0) is 37.6 Å². The van der Waals surface area contributed by atoms with Gasteiger partial charge in [-0.3, -0.25) is 0 Å². The van der Waals surface area contributed by atoms with Gasteiger partial charge in [0.25, 0.3) is 5.88 Å². The molecular weight excluding hydrogens is 273 g/mol. The second-order valence-electron chi connectivity index (χ2n) is 4.50. The molecule has 7 heteroatoms. The standard InChI is InChI=1S/C14H14FN5O/c1-3-16-14-19-12-11(17-7-18-12)13(20-14)21-9-4-5-10(15)8(2)6-9/h4-7H,3H2,1-2H3,(H2,16,17,18,19,20). The highest BCUT2D eigenvalue weighted by atomic mass is 19.1. The number of aromatic nitrogens is 4. The van der Waals surface area contributed by atoms with Gasteiger partial charge >= 0.3 is 0 Å². The molecule has 2 heterocycles.